The van der Waals surface area contributed by atoms with Crippen LogP contribution in [0.5, 0.6) is 5.75 Å². The largest absolute Gasteiger partial charge is 0.490 e. The molecule has 0 fully saturated rings. The number of nitrogens with one attached hydrogen (secondary N) is 1. The molecule has 0 saturated carbocycles. The molecule has 3 heterocycles. The smallest absolute Gasteiger partial charge is 0.279 e. The molecule has 4 rings (SSSR count). The zero-order valence-corrected chi connectivity index (χ0v) is 14.1. The van der Waals surface area contributed by atoms with Gasteiger partial charge in [0, 0.05) is 24.2 Å². The molecule has 7 heteroatoms. The van der Waals surface area contributed by atoms with Crippen molar-refractivity contribution in [2.24, 2.45) is 0 Å². The molecule has 1 N–H and O–H groups in total. The lowest BCUT2D eigenvalue weighted by Gasteiger charge is -2.02. The van der Waals surface area contributed by atoms with Gasteiger partial charge in [0.1, 0.15) is 17.7 Å². The number of pyridine rings is 1. The van der Waals surface area contributed by atoms with E-state index in [2.05, 4.69) is 15.5 Å². The van der Waals surface area contributed by atoms with Gasteiger partial charge in [0.25, 0.3) is 5.91 Å². The van der Waals surface area contributed by atoms with Crippen LogP contribution < -0.4 is 10.1 Å². The van der Waals surface area contributed by atoms with Crippen LogP contribution in [0.3, 0.4) is 0 Å². The molecule has 1 aliphatic rings. The first-order valence-electron chi connectivity index (χ1n) is 7.78. The molecule has 1 aromatic carbocycles. The van der Waals surface area contributed by atoms with Crippen LogP contribution in [0.2, 0.25) is 5.02 Å². The molecule has 126 valence electrons. The fourth-order valence-electron chi connectivity index (χ4n) is 2.72. The maximum Gasteiger partial charge on any atom is 0.279 e. The highest BCUT2D eigenvalue weighted by atomic mass is 35.5. The van der Waals surface area contributed by atoms with Crippen molar-refractivity contribution in [2.75, 3.05) is 5.32 Å². The molecule has 1 aliphatic heterocycles. The lowest BCUT2D eigenvalue weighted by Crippen LogP contribution is -2.13. The van der Waals surface area contributed by atoms with Crippen molar-refractivity contribution >= 4 is 23.3 Å². The van der Waals surface area contributed by atoms with Gasteiger partial charge in [0.05, 0.1) is 5.02 Å². The van der Waals surface area contributed by atoms with Gasteiger partial charge >= 0.3 is 0 Å². The Morgan fingerprint density at radius 1 is 1.28 bits per heavy atom. The number of hydrogen-bond acceptors (Lipinski definition) is 5. The number of fused-ring (bicyclic) bond motifs is 1. The number of amides is 1. The third-order valence-corrected chi connectivity index (χ3v) is 4.12. The van der Waals surface area contributed by atoms with E-state index < -0.39 is 5.91 Å². The summed E-state index contributed by atoms with van der Waals surface area (Å²) in [5.41, 5.74) is 2.15. The van der Waals surface area contributed by atoms with Crippen molar-refractivity contribution in [3.63, 3.8) is 0 Å². The molecule has 0 radical (unpaired) electrons. The van der Waals surface area contributed by atoms with Crippen molar-refractivity contribution < 1.29 is 14.1 Å². The molecular formula is C18H14ClN3O3. The minimum Gasteiger partial charge on any atom is -0.490 e. The molecule has 0 unspecified atom stereocenters. The molecule has 0 spiro atoms. The van der Waals surface area contributed by atoms with E-state index in [-0.39, 0.29) is 11.8 Å². The highest BCUT2D eigenvalue weighted by molar-refractivity contribution is 6.30. The van der Waals surface area contributed by atoms with Crippen LogP contribution in [0.15, 0.2) is 47.1 Å². The fraction of sp³-hybridized carbons (Fsp3) is 0.167. The monoisotopic (exact) mass is 355 g/mol. The van der Waals surface area contributed by atoms with Gasteiger partial charge < -0.3 is 14.6 Å². The quantitative estimate of drug-likeness (QED) is 0.769. The van der Waals surface area contributed by atoms with Crippen LogP contribution in [0.1, 0.15) is 23.0 Å². The van der Waals surface area contributed by atoms with Gasteiger partial charge in [-0.05, 0) is 42.8 Å². The summed E-state index contributed by atoms with van der Waals surface area (Å²) in [4.78, 5) is 16.3. The summed E-state index contributed by atoms with van der Waals surface area (Å²) >= 11 is 5.77. The van der Waals surface area contributed by atoms with Crippen LogP contribution in [-0.2, 0) is 6.42 Å². The first kappa shape index (κ1) is 15.7. The highest BCUT2D eigenvalue weighted by Crippen LogP contribution is 2.33. The molecule has 0 saturated heterocycles. The normalized spacial score (nSPS) is 15.5. The number of aromatic nitrogens is 2. The number of ether oxygens (including phenoxy) is 1. The Kier molecular flexibility index (Phi) is 3.89. The van der Waals surface area contributed by atoms with Crippen molar-refractivity contribution in [1.82, 2.24) is 10.1 Å². The van der Waals surface area contributed by atoms with E-state index >= 15 is 0 Å². The first-order valence-corrected chi connectivity index (χ1v) is 8.16. The van der Waals surface area contributed by atoms with Gasteiger partial charge in [-0.3, -0.25) is 4.79 Å². The van der Waals surface area contributed by atoms with Crippen molar-refractivity contribution in [3.8, 4) is 17.1 Å². The average Bonchev–Trinajstić information content (AvgIpc) is 3.22. The van der Waals surface area contributed by atoms with Gasteiger partial charge in [-0.25, -0.2) is 4.98 Å². The van der Waals surface area contributed by atoms with E-state index in [1.165, 1.54) is 6.20 Å². The van der Waals surface area contributed by atoms with Gasteiger partial charge in [0.2, 0.25) is 0 Å². The molecule has 3 aromatic rings. The number of halogens is 1. The molecule has 2 aromatic heterocycles. The highest BCUT2D eigenvalue weighted by Gasteiger charge is 2.21. The Morgan fingerprint density at radius 2 is 2.16 bits per heavy atom. The Labute approximate surface area is 148 Å². The summed E-state index contributed by atoms with van der Waals surface area (Å²) < 4.78 is 11.0. The summed E-state index contributed by atoms with van der Waals surface area (Å²) in [5.74, 6) is 1.41. The molecule has 0 bridgehead atoms. The van der Waals surface area contributed by atoms with Crippen LogP contribution in [-0.4, -0.2) is 22.2 Å². The van der Waals surface area contributed by atoms with Crippen molar-refractivity contribution in [2.45, 2.75) is 19.4 Å². The Bertz CT molecular complexity index is 937. The number of hydrogen-bond donors (Lipinski definition) is 1. The third kappa shape index (κ3) is 3.21. The van der Waals surface area contributed by atoms with E-state index in [1.54, 1.807) is 18.2 Å². The summed E-state index contributed by atoms with van der Waals surface area (Å²) in [6, 6.07) is 10.7. The van der Waals surface area contributed by atoms with Crippen LogP contribution in [0, 0.1) is 0 Å². The second kappa shape index (κ2) is 6.22. The maximum atomic E-state index is 12.2. The number of nitrogens with zero attached hydrogens (tertiary/aromatic N) is 2. The van der Waals surface area contributed by atoms with Crippen molar-refractivity contribution in [3.05, 3.63) is 58.9 Å². The number of benzene rings is 1. The predicted molar refractivity (Wildman–Crippen MR) is 92.9 cm³/mol. The van der Waals surface area contributed by atoms with Gasteiger partial charge in [0.15, 0.2) is 11.5 Å². The predicted octanol–water partition coefficient (Wildman–Crippen LogP) is 3.97. The summed E-state index contributed by atoms with van der Waals surface area (Å²) in [6.45, 7) is 2.03. The number of carbonyl (C=O) groups excluding carboxylic acids is 1. The van der Waals surface area contributed by atoms with Crippen LogP contribution in [0.4, 0.5) is 5.82 Å². The van der Waals surface area contributed by atoms with Crippen LogP contribution >= 0.6 is 11.6 Å². The third-order valence-electron chi connectivity index (χ3n) is 3.89. The Hall–Kier alpha value is -2.86. The summed E-state index contributed by atoms with van der Waals surface area (Å²) in [6.07, 6.45) is 2.49. The Balaban J connectivity index is 1.53. The molecular weight excluding hydrogens is 342 g/mol. The lowest BCUT2D eigenvalue weighted by atomic mass is 10.1. The van der Waals surface area contributed by atoms with Crippen LogP contribution in [0.25, 0.3) is 11.3 Å². The van der Waals surface area contributed by atoms with E-state index in [0.717, 1.165) is 23.3 Å². The van der Waals surface area contributed by atoms with E-state index in [4.69, 9.17) is 20.9 Å². The minimum atomic E-state index is -0.400. The number of carbonyl (C=O) groups is 1. The fourth-order valence-corrected chi connectivity index (χ4v) is 2.84. The van der Waals surface area contributed by atoms with E-state index in [1.807, 2.05) is 25.1 Å². The molecule has 6 nitrogen and oxygen atoms in total. The summed E-state index contributed by atoms with van der Waals surface area (Å²) in [5, 5.41) is 6.99. The second-order valence-electron chi connectivity index (χ2n) is 5.85. The van der Waals surface area contributed by atoms with E-state index in [0.29, 0.717) is 16.6 Å². The van der Waals surface area contributed by atoms with Gasteiger partial charge in [-0.2, -0.15) is 0 Å². The maximum absolute atomic E-state index is 12.2. The SMILES string of the molecule is C[C@@H]1Cc2cc(-c3cc(C(=O)Nc4ccc(Cl)cn4)no3)ccc2O1. The zero-order valence-electron chi connectivity index (χ0n) is 13.3. The minimum absolute atomic E-state index is 0.174. The summed E-state index contributed by atoms with van der Waals surface area (Å²) in [7, 11) is 0. The second-order valence-corrected chi connectivity index (χ2v) is 6.28. The molecule has 1 atom stereocenters. The molecule has 1 amide bonds. The van der Waals surface area contributed by atoms with Gasteiger partial charge in [-0.1, -0.05) is 16.8 Å². The van der Waals surface area contributed by atoms with Gasteiger partial charge in [-0.15, -0.1) is 0 Å². The standard InChI is InChI=1S/C18H14ClN3O3/c1-10-6-12-7-11(2-4-15(12)24-10)16-8-14(22-25-16)18(23)21-17-5-3-13(19)9-20-17/h2-5,7-10H,6H2,1H3,(H,20,21,23)/t10-/m1/s1. The van der Waals surface area contributed by atoms with Crippen molar-refractivity contribution in [1.29, 1.82) is 0 Å². The van der Waals surface area contributed by atoms with E-state index in [9.17, 15) is 4.79 Å². The molecule has 25 heavy (non-hydrogen) atoms. The topological polar surface area (TPSA) is 77.3 Å². The number of rotatable bonds is 3. The average molecular weight is 356 g/mol. The number of anilines is 1. The lowest BCUT2D eigenvalue weighted by molar-refractivity contribution is 0.101. The molecule has 0 aliphatic carbocycles. The Morgan fingerprint density at radius 3 is 2.96 bits per heavy atom. The first-order chi connectivity index (χ1) is 12.1. The zero-order chi connectivity index (χ0) is 17.4.